The molecule has 2 aromatic rings. The molecule has 0 fully saturated rings. The molecule has 2 aromatic carbocycles. The molecule has 0 saturated carbocycles. The van der Waals surface area contributed by atoms with Gasteiger partial charge in [-0.25, -0.2) is 18.2 Å². The van der Waals surface area contributed by atoms with Crippen molar-refractivity contribution in [3.8, 4) is 11.5 Å². The van der Waals surface area contributed by atoms with Gasteiger partial charge in [0, 0.05) is 0 Å². The van der Waals surface area contributed by atoms with Crippen molar-refractivity contribution in [1.82, 2.24) is 9.79 Å². The number of para-hydroxylation sites is 2. The van der Waals surface area contributed by atoms with Crippen LogP contribution in [0.1, 0.15) is 0 Å². The van der Waals surface area contributed by atoms with Gasteiger partial charge >= 0.3 is 0 Å². The summed E-state index contributed by atoms with van der Waals surface area (Å²) >= 11 is 0. The zero-order valence-electron chi connectivity index (χ0n) is 14.1. The Morgan fingerprint density at radius 2 is 1.85 bits per heavy atom. The molecule has 1 heterocycles. The molecule has 1 aliphatic rings. The lowest BCUT2D eigenvalue weighted by Gasteiger charge is -2.30. The molecule has 0 aliphatic carbocycles. The van der Waals surface area contributed by atoms with Gasteiger partial charge in [-0.2, -0.15) is 0 Å². The van der Waals surface area contributed by atoms with Gasteiger partial charge in [0.2, 0.25) is 11.9 Å². The number of ether oxygens (including phenoxy) is 1. The molecule has 0 spiro atoms. The minimum Gasteiger partial charge on any atom is -0.456 e. The molecule has 1 atom stereocenters. The molecular formula is C17H18N4O5S. The third-order valence-corrected chi connectivity index (χ3v) is 5.79. The van der Waals surface area contributed by atoms with E-state index in [4.69, 9.17) is 15.7 Å². The van der Waals surface area contributed by atoms with Crippen molar-refractivity contribution >= 4 is 21.9 Å². The maximum absolute atomic E-state index is 13.2. The van der Waals surface area contributed by atoms with Crippen LogP contribution in [-0.2, 0) is 14.8 Å². The first-order valence-corrected chi connectivity index (χ1v) is 9.46. The number of guanidine groups is 1. The smallest absolute Gasteiger partial charge is 0.270 e. The SMILES string of the molecule is NC1=NCC(C(=O)NO)CN1S(=O)(=O)c1ccccc1Oc1ccccc1. The summed E-state index contributed by atoms with van der Waals surface area (Å²) in [5.41, 5.74) is 7.28. The summed E-state index contributed by atoms with van der Waals surface area (Å²) in [5.74, 6) is -1.24. The number of nitrogens with zero attached hydrogens (tertiary/aromatic N) is 2. The number of nitrogens with one attached hydrogen (secondary N) is 1. The third kappa shape index (κ3) is 3.86. The molecule has 27 heavy (non-hydrogen) atoms. The van der Waals surface area contributed by atoms with Crippen LogP contribution in [0.4, 0.5) is 0 Å². The number of rotatable bonds is 5. The number of nitrogens with two attached hydrogens (primary N) is 1. The molecule has 0 saturated heterocycles. The number of hydrogen-bond donors (Lipinski definition) is 3. The van der Waals surface area contributed by atoms with Crippen LogP contribution < -0.4 is 16.0 Å². The van der Waals surface area contributed by atoms with E-state index in [0.29, 0.717) is 5.75 Å². The van der Waals surface area contributed by atoms with Crippen LogP contribution in [0.5, 0.6) is 11.5 Å². The van der Waals surface area contributed by atoms with Crippen molar-refractivity contribution in [2.75, 3.05) is 13.1 Å². The first-order valence-electron chi connectivity index (χ1n) is 8.02. The Kier molecular flexibility index (Phi) is 5.28. The average molecular weight is 390 g/mol. The van der Waals surface area contributed by atoms with Gasteiger partial charge in [-0.3, -0.25) is 15.0 Å². The second-order valence-electron chi connectivity index (χ2n) is 5.77. The standard InChI is InChI=1S/C17H18N4O5S/c18-17-19-10-12(16(22)20-23)11-21(17)27(24,25)15-9-5-4-8-14(15)26-13-6-2-1-3-7-13/h1-9,12,23H,10-11H2,(H2,18,19)(H,20,22). The predicted octanol–water partition coefficient (Wildman–Crippen LogP) is 0.920. The number of benzene rings is 2. The average Bonchev–Trinajstić information content (AvgIpc) is 2.68. The molecule has 1 amide bonds. The summed E-state index contributed by atoms with van der Waals surface area (Å²) in [6, 6.07) is 14.8. The molecular weight excluding hydrogens is 372 g/mol. The van der Waals surface area contributed by atoms with Gasteiger partial charge < -0.3 is 10.5 Å². The van der Waals surface area contributed by atoms with Crippen molar-refractivity contribution in [1.29, 1.82) is 0 Å². The monoisotopic (exact) mass is 390 g/mol. The number of carbonyl (C=O) groups excluding carboxylic acids is 1. The molecule has 142 valence electrons. The Labute approximate surface area is 156 Å². The Balaban J connectivity index is 1.96. The molecule has 4 N–H and O–H groups in total. The van der Waals surface area contributed by atoms with E-state index in [1.54, 1.807) is 36.4 Å². The quantitative estimate of drug-likeness (QED) is 0.513. The highest BCUT2D eigenvalue weighted by molar-refractivity contribution is 7.89. The summed E-state index contributed by atoms with van der Waals surface area (Å²) in [6.07, 6.45) is 0. The van der Waals surface area contributed by atoms with E-state index in [1.807, 2.05) is 6.07 Å². The normalized spacial score (nSPS) is 17.1. The first-order chi connectivity index (χ1) is 12.9. The van der Waals surface area contributed by atoms with Crippen LogP contribution in [-0.4, -0.2) is 42.9 Å². The third-order valence-electron chi connectivity index (χ3n) is 3.98. The van der Waals surface area contributed by atoms with Gasteiger partial charge in [0.15, 0.2) is 0 Å². The Morgan fingerprint density at radius 3 is 2.56 bits per heavy atom. The lowest BCUT2D eigenvalue weighted by molar-refractivity contribution is -0.133. The number of carbonyl (C=O) groups is 1. The van der Waals surface area contributed by atoms with Crippen LogP contribution in [0.25, 0.3) is 0 Å². The molecule has 3 rings (SSSR count). The summed E-state index contributed by atoms with van der Waals surface area (Å²) in [4.78, 5) is 15.5. The summed E-state index contributed by atoms with van der Waals surface area (Å²) in [6.45, 7) is -0.268. The lowest BCUT2D eigenvalue weighted by atomic mass is 10.1. The molecule has 0 aromatic heterocycles. The maximum atomic E-state index is 13.2. The minimum absolute atomic E-state index is 0.0214. The van der Waals surface area contributed by atoms with Crippen LogP contribution in [0.15, 0.2) is 64.5 Å². The molecule has 1 unspecified atom stereocenters. The van der Waals surface area contributed by atoms with Gasteiger partial charge in [0.25, 0.3) is 10.0 Å². The number of hydrogen-bond acceptors (Lipinski definition) is 7. The number of hydroxylamine groups is 1. The van der Waals surface area contributed by atoms with Crippen molar-refractivity contribution in [3.63, 3.8) is 0 Å². The van der Waals surface area contributed by atoms with Crippen LogP contribution in [0, 0.1) is 5.92 Å². The van der Waals surface area contributed by atoms with E-state index >= 15 is 0 Å². The van der Waals surface area contributed by atoms with E-state index < -0.39 is 21.8 Å². The fourth-order valence-electron chi connectivity index (χ4n) is 2.59. The minimum atomic E-state index is -4.15. The second kappa shape index (κ2) is 7.64. The van der Waals surface area contributed by atoms with Crippen LogP contribution >= 0.6 is 0 Å². The van der Waals surface area contributed by atoms with Gasteiger partial charge in [0.1, 0.15) is 16.4 Å². The molecule has 0 bridgehead atoms. The van der Waals surface area contributed by atoms with E-state index in [2.05, 4.69) is 4.99 Å². The summed E-state index contributed by atoms with van der Waals surface area (Å²) in [5, 5.41) is 8.80. The topological polar surface area (TPSA) is 134 Å². The second-order valence-corrected chi connectivity index (χ2v) is 7.60. The number of amides is 1. The van der Waals surface area contributed by atoms with Gasteiger partial charge in [-0.15, -0.1) is 0 Å². The van der Waals surface area contributed by atoms with Crippen molar-refractivity contribution < 1.29 is 23.2 Å². The zero-order valence-corrected chi connectivity index (χ0v) is 15.0. The fourth-order valence-corrected chi connectivity index (χ4v) is 4.13. The lowest BCUT2D eigenvalue weighted by Crippen LogP contribution is -2.51. The van der Waals surface area contributed by atoms with E-state index in [9.17, 15) is 13.2 Å². The molecule has 9 nitrogen and oxygen atoms in total. The predicted molar refractivity (Wildman–Crippen MR) is 96.8 cm³/mol. The fraction of sp³-hybridized carbons (Fsp3) is 0.176. The van der Waals surface area contributed by atoms with Crippen LogP contribution in [0.2, 0.25) is 0 Å². The Hall–Kier alpha value is -3.11. The first kappa shape index (κ1) is 18.7. The van der Waals surface area contributed by atoms with Gasteiger partial charge in [-0.1, -0.05) is 30.3 Å². The Bertz CT molecular complexity index is 962. The molecule has 10 heteroatoms. The molecule has 1 aliphatic heterocycles. The number of aliphatic imine (C=N–C) groups is 1. The van der Waals surface area contributed by atoms with E-state index in [-0.39, 0.29) is 29.7 Å². The van der Waals surface area contributed by atoms with Crippen molar-refractivity contribution in [2.45, 2.75) is 4.90 Å². The number of sulfonamides is 1. The highest BCUT2D eigenvalue weighted by Gasteiger charge is 2.36. The Morgan fingerprint density at radius 1 is 1.19 bits per heavy atom. The van der Waals surface area contributed by atoms with E-state index in [0.717, 1.165) is 4.31 Å². The van der Waals surface area contributed by atoms with Gasteiger partial charge in [-0.05, 0) is 24.3 Å². The maximum Gasteiger partial charge on any atom is 0.270 e. The summed E-state index contributed by atoms with van der Waals surface area (Å²) in [7, 11) is -4.15. The van der Waals surface area contributed by atoms with Crippen molar-refractivity contribution in [3.05, 3.63) is 54.6 Å². The van der Waals surface area contributed by atoms with Crippen molar-refractivity contribution in [2.24, 2.45) is 16.6 Å². The van der Waals surface area contributed by atoms with Gasteiger partial charge in [0.05, 0.1) is 19.0 Å². The van der Waals surface area contributed by atoms with E-state index in [1.165, 1.54) is 17.6 Å². The summed E-state index contributed by atoms with van der Waals surface area (Å²) < 4.78 is 32.9. The largest absolute Gasteiger partial charge is 0.456 e. The van der Waals surface area contributed by atoms with Crippen LogP contribution in [0.3, 0.4) is 0 Å². The highest BCUT2D eigenvalue weighted by Crippen LogP contribution is 2.31. The molecule has 0 radical (unpaired) electrons. The zero-order chi connectivity index (χ0) is 19.4. The highest BCUT2D eigenvalue weighted by atomic mass is 32.2.